The van der Waals surface area contributed by atoms with Gasteiger partial charge in [0.25, 0.3) is 5.56 Å². The molecule has 31 heavy (non-hydrogen) atoms. The zero-order chi connectivity index (χ0) is 22.0. The molecular formula is C24H20N2O5. The number of pyridine rings is 2. The molecule has 1 N–H and O–H groups in total. The van der Waals surface area contributed by atoms with Gasteiger partial charge in [0.15, 0.2) is 11.4 Å². The van der Waals surface area contributed by atoms with Gasteiger partial charge in [-0.15, -0.1) is 0 Å². The number of fused-ring (bicyclic) bond motifs is 1. The summed E-state index contributed by atoms with van der Waals surface area (Å²) in [5, 5.41) is 11.1. The summed E-state index contributed by atoms with van der Waals surface area (Å²) in [5.41, 5.74) is 1.91. The standard InChI is InChI=1S/C24H20N2O5/c1-30-17-10-8-16(9-11-17)18-12-19-20(13-25-21(22(19)27)24(29)31-2)26(23(18)28)14-15-6-4-3-5-7-15/h3-13,27H,14H2,1-2H3. The van der Waals surface area contributed by atoms with E-state index in [2.05, 4.69) is 4.98 Å². The molecule has 2 heterocycles. The third-order valence-electron chi connectivity index (χ3n) is 5.09. The lowest BCUT2D eigenvalue weighted by Gasteiger charge is -2.15. The number of hydrogen-bond acceptors (Lipinski definition) is 6. The second kappa shape index (κ2) is 8.31. The number of benzene rings is 2. The van der Waals surface area contributed by atoms with Gasteiger partial charge in [-0.05, 0) is 29.3 Å². The van der Waals surface area contributed by atoms with Crippen LogP contribution in [0, 0.1) is 0 Å². The summed E-state index contributed by atoms with van der Waals surface area (Å²) in [6.07, 6.45) is 1.41. The van der Waals surface area contributed by atoms with Crippen molar-refractivity contribution in [2.75, 3.05) is 14.2 Å². The van der Waals surface area contributed by atoms with Gasteiger partial charge < -0.3 is 19.1 Å². The van der Waals surface area contributed by atoms with Gasteiger partial charge >= 0.3 is 5.97 Å². The number of esters is 1. The van der Waals surface area contributed by atoms with Crippen LogP contribution in [0.2, 0.25) is 0 Å². The van der Waals surface area contributed by atoms with E-state index in [4.69, 9.17) is 9.47 Å². The highest BCUT2D eigenvalue weighted by Gasteiger charge is 2.20. The van der Waals surface area contributed by atoms with Crippen LogP contribution in [0.5, 0.6) is 11.5 Å². The van der Waals surface area contributed by atoms with Crippen LogP contribution >= 0.6 is 0 Å². The predicted octanol–water partition coefficient (Wildman–Crippen LogP) is 3.61. The summed E-state index contributed by atoms with van der Waals surface area (Å²) in [6, 6.07) is 18.1. The van der Waals surface area contributed by atoms with Crippen LogP contribution in [-0.4, -0.2) is 34.8 Å². The molecule has 0 fully saturated rings. The van der Waals surface area contributed by atoms with Crippen molar-refractivity contribution >= 4 is 16.9 Å². The van der Waals surface area contributed by atoms with Crippen LogP contribution in [0.1, 0.15) is 16.1 Å². The zero-order valence-electron chi connectivity index (χ0n) is 17.0. The minimum absolute atomic E-state index is 0.208. The van der Waals surface area contributed by atoms with E-state index in [9.17, 15) is 14.7 Å². The van der Waals surface area contributed by atoms with Crippen molar-refractivity contribution in [3.63, 3.8) is 0 Å². The van der Waals surface area contributed by atoms with Gasteiger partial charge in [-0.2, -0.15) is 0 Å². The molecule has 0 saturated carbocycles. The van der Waals surface area contributed by atoms with Crippen LogP contribution in [-0.2, 0) is 11.3 Å². The van der Waals surface area contributed by atoms with E-state index in [-0.39, 0.29) is 23.5 Å². The molecule has 7 nitrogen and oxygen atoms in total. The fourth-order valence-corrected chi connectivity index (χ4v) is 3.47. The second-order valence-corrected chi connectivity index (χ2v) is 6.91. The van der Waals surface area contributed by atoms with E-state index in [1.807, 2.05) is 30.3 Å². The number of rotatable bonds is 5. The van der Waals surface area contributed by atoms with E-state index in [0.29, 0.717) is 27.8 Å². The van der Waals surface area contributed by atoms with Crippen LogP contribution < -0.4 is 10.3 Å². The lowest BCUT2D eigenvalue weighted by Crippen LogP contribution is -2.23. The van der Waals surface area contributed by atoms with E-state index in [1.165, 1.54) is 17.9 Å². The Morgan fingerprint density at radius 2 is 1.77 bits per heavy atom. The molecule has 0 atom stereocenters. The molecule has 2 aromatic carbocycles. The van der Waals surface area contributed by atoms with Crippen molar-refractivity contribution in [3.05, 3.63) is 88.5 Å². The van der Waals surface area contributed by atoms with Gasteiger partial charge in [-0.25, -0.2) is 9.78 Å². The maximum atomic E-state index is 13.5. The smallest absolute Gasteiger partial charge is 0.360 e. The summed E-state index contributed by atoms with van der Waals surface area (Å²) in [6.45, 7) is 0.277. The number of nitrogens with zero attached hydrogens (tertiary/aromatic N) is 2. The fourth-order valence-electron chi connectivity index (χ4n) is 3.47. The van der Waals surface area contributed by atoms with Gasteiger partial charge in [-0.1, -0.05) is 42.5 Å². The molecule has 0 aliphatic rings. The zero-order valence-corrected chi connectivity index (χ0v) is 17.0. The SMILES string of the molecule is COC(=O)c1ncc2c(cc(-c3ccc(OC)cc3)c(=O)n2Cc2ccccc2)c1O. The third-order valence-corrected chi connectivity index (χ3v) is 5.09. The van der Waals surface area contributed by atoms with Crippen LogP contribution in [0.3, 0.4) is 0 Å². The fraction of sp³-hybridized carbons (Fsp3) is 0.125. The first-order chi connectivity index (χ1) is 15.0. The molecule has 0 unspecified atom stereocenters. The molecule has 0 radical (unpaired) electrons. The van der Waals surface area contributed by atoms with Crippen molar-refractivity contribution in [2.24, 2.45) is 0 Å². The van der Waals surface area contributed by atoms with Crippen LogP contribution in [0.15, 0.2) is 71.7 Å². The summed E-state index contributed by atoms with van der Waals surface area (Å²) in [7, 11) is 2.78. The largest absolute Gasteiger partial charge is 0.505 e. The molecule has 4 aromatic rings. The molecule has 0 saturated heterocycles. The first-order valence-corrected chi connectivity index (χ1v) is 9.55. The molecule has 2 aromatic heterocycles. The Labute approximate surface area is 178 Å². The number of methoxy groups -OCH3 is 2. The number of ether oxygens (including phenoxy) is 2. The van der Waals surface area contributed by atoms with Crippen molar-refractivity contribution in [1.29, 1.82) is 0 Å². The number of carbonyl (C=O) groups excluding carboxylic acids is 1. The van der Waals surface area contributed by atoms with Gasteiger partial charge in [0, 0.05) is 10.9 Å². The number of carbonyl (C=O) groups is 1. The Morgan fingerprint density at radius 1 is 1.06 bits per heavy atom. The quantitative estimate of drug-likeness (QED) is 0.500. The highest BCUT2D eigenvalue weighted by Crippen LogP contribution is 2.31. The monoisotopic (exact) mass is 416 g/mol. The van der Waals surface area contributed by atoms with Crippen molar-refractivity contribution in [3.8, 4) is 22.6 Å². The normalized spacial score (nSPS) is 10.8. The average molecular weight is 416 g/mol. The van der Waals surface area contributed by atoms with Gasteiger partial charge in [-0.3, -0.25) is 4.79 Å². The molecule has 156 valence electrons. The number of aromatic hydroxyl groups is 1. The van der Waals surface area contributed by atoms with Gasteiger partial charge in [0.2, 0.25) is 0 Å². The topological polar surface area (TPSA) is 90.7 Å². The minimum Gasteiger partial charge on any atom is -0.505 e. The summed E-state index contributed by atoms with van der Waals surface area (Å²) in [4.78, 5) is 29.5. The molecule has 7 heteroatoms. The lowest BCUT2D eigenvalue weighted by atomic mass is 10.0. The van der Waals surface area contributed by atoms with Crippen molar-refractivity contribution < 1.29 is 19.4 Å². The van der Waals surface area contributed by atoms with E-state index < -0.39 is 5.97 Å². The van der Waals surface area contributed by atoms with Crippen molar-refractivity contribution in [2.45, 2.75) is 6.54 Å². The highest BCUT2D eigenvalue weighted by atomic mass is 16.5. The Kier molecular flexibility index (Phi) is 5.41. The van der Waals surface area contributed by atoms with Crippen molar-refractivity contribution in [1.82, 2.24) is 9.55 Å². The Morgan fingerprint density at radius 3 is 2.42 bits per heavy atom. The highest BCUT2D eigenvalue weighted by molar-refractivity contribution is 5.99. The summed E-state index contributed by atoms with van der Waals surface area (Å²) < 4.78 is 11.5. The Balaban J connectivity index is 2.00. The predicted molar refractivity (Wildman–Crippen MR) is 117 cm³/mol. The lowest BCUT2D eigenvalue weighted by molar-refractivity contribution is 0.0591. The van der Waals surface area contributed by atoms with E-state index >= 15 is 0 Å². The van der Waals surface area contributed by atoms with E-state index in [0.717, 1.165) is 5.56 Å². The molecule has 0 aliphatic heterocycles. The molecule has 0 amide bonds. The minimum atomic E-state index is -0.758. The first-order valence-electron chi connectivity index (χ1n) is 9.55. The van der Waals surface area contributed by atoms with Gasteiger partial charge in [0.1, 0.15) is 5.75 Å². The summed E-state index contributed by atoms with van der Waals surface area (Å²) >= 11 is 0. The maximum Gasteiger partial charge on any atom is 0.360 e. The number of aromatic nitrogens is 2. The molecule has 0 bridgehead atoms. The third kappa shape index (κ3) is 3.73. The van der Waals surface area contributed by atoms with Crippen LogP contribution in [0.25, 0.3) is 22.0 Å². The molecule has 0 spiro atoms. The number of hydrogen-bond donors (Lipinski definition) is 1. The average Bonchev–Trinajstić information content (AvgIpc) is 2.81. The molecule has 4 rings (SSSR count). The Hall–Kier alpha value is -4.13. The second-order valence-electron chi connectivity index (χ2n) is 6.91. The summed E-state index contributed by atoms with van der Waals surface area (Å²) in [5.74, 6) is -0.429. The molecule has 0 aliphatic carbocycles. The van der Waals surface area contributed by atoms with Crippen LogP contribution in [0.4, 0.5) is 0 Å². The maximum absolute atomic E-state index is 13.5. The first kappa shape index (κ1) is 20.2. The molecular weight excluding hydrogens is 396 g/mol. The Bertz CT molecular complexity index is 1310. The van der Waals surface area contributed by atoms with Gasteiger partial charge in [0.05, 0.1) is 32.5 Å². The van der Waals surface area contributed by atoms with E-state index in [1.54, 1.807) is 37.4 Å².